The lowest BCUT2D eigenvalue weighted by Crippen LogP contribution is -2.31. The molecule has 0 atom stereocenters. The number of benzene rings is 2. The van der Waals surface area contributed by atoms with Crippen LogP contribution in [0.2, 0.25) is 0 Å². The zero-order chi connectivity index (χ0) is 21.6. The first-order chi connectivity index (χ1) is 13.7. The molecule has 6 nitrogen and oxygen atoms in total. The Kier molecular flexibility index (Phi) is 7.81. The summed E-state index contributed by atoms with van der Waals surface area (Å²) in [6.45, 7) is 8.53. The van der Waals surface area contributed by atoms with Gasteiger partial charge in [-0.2, -0.15) is 4.31 Å². The van der Waals surface area contributed by atoms with Crippen molar-refractivity contribution in [3.8, 4) is 5.75 Å². The first-order valence-electron chi connectivity index (χ1n) is 9.77. The van der Waals surface area contributed by atoms with E-state index >= 15 is 0 Å². The molecule has 0 saturated heterocycles. The summed E-state index contributed by atoms with van der Waals surface area (Å²) in [7, 11) is -2.01. The summed E-state index contributed by atoms with van der Waals surface area (Å²) in [5, 5.41) is 2.87. The summed E-state index contributed by atoms with van der Waals surface area (Å²) < 4.78 is 32.5. The summed E-state index contributed by atoms with van der Waals surface area (Å²) in [4.78, 5) is 12.8. The molecule has 1 amide bonds. The number of nitrogens with one attached hydrogen (secondary N) is 1. The van der Waals surface area contributed by atoms with Gasteiger partial charge in [-0.1, -0.05) is 37.6 Å². The number of sulfonamides is 1. The van der Waals surface area contributed by atoms with E-state index in [4.69, 9.17) is 4.74 Å². The van der Waals surface area contributed by atoms with Crippen molar-refractivity contribution < 1.29 is 17.9 Å². The lowest BCUT2D eigenvalue weighted by molar-refractivity contribution is 0.0954. The number of hydrogen-bond donors (Lipinski definition) is 1. The van der Waals surface area contributed by atoms with Crippen molar-refractivity contribution in [2.75, 3.05) is 26.7 Å². The Bertz CT molecular complexity index is 967. The van der Waals surface area contributed by atoms with Gasteiger partial charge in [0.05, 0.1) is 12.0 Å². The SMILES string of the molecule is CCN(CC)S(=O)(=O)c1cc(C(=O)NCCc2cc(C)ccc2OC)ccc1C. The van der Waals surface area contributed by atoms with Crippen molar-refractivity contribution in [3.63, 3.8) is 0 Å². The van der Waals surface area contributed by atoms with Crippen molar-refractivity contribution in [2.24, 2.45) is 0 Å². The van der Waals surface area contributed by atoms with Crippen LogP contribution in [0.25, 0.3) is 0 Å². The molecule has 0 bridgehead atoms. The number of aryl methyl sites for hydroxylation is 2. The van der Waals surface area contributed by atoms with Crippen LogP contribution in [0.15, 0.2) is 41.3 Å². The van der Waals surface area contributed by atoms with Crippen molar-refractivity contribution in [3.05, 3.63) is 58.7 Å². The Labute approximate surface area is 173 Å². The first-order valence-corrected chi connectivity index (χ1v) is 11.2. The Morgan fingerprint density at radius 2 is 1.76 bits per heavy atom. The standard InChI is InChI=1S/C22H30N2O4S/c1-6-24(7-2)29(26,27)21-15-19(10-9-17(21)4)22(25)23-13-12-18-14-16(3)8-11-20(18)28-5/h8-11,14-15H,6-7,12-13H2,1-5H3,(H,23,25). The fourth-order valence-electron chi connectivity index (χ4n) is 3.24. The Balaban J connectivity index is 2.15. The van der Waals surface area contributed by atoms with E-state index in [0.29, 0.717) is 37.2 Å². The normalized spacial score (nSPS) is 11.5. The third-order valence-electron chi connectivity index (χ3n) is 4.89. The number of ether oxygens (including phenoxy) is 1. The minimum atomic E-state index is -3.63. The van der Waals surface area contributed by atoms with E-state index in [1.165, 1.54) is 10.4 Å². The van der Waals surface area contributed by atoms with Gasteiger partial charge in [-0.3, -0.25) is 4.79 Å². The molecule has 0 unspecified atom stereocenters. The van der Waals surface area contributed by atoms with E-state index in [1.807, 2.05) is 25.1 Å². The maximum Gasteiger partial charge on any atom is 0.251 e. The lowest BCUT2D eigenvalue weighted by Gasteiger charge is -2.20. The van der Waals surface area contributed by atoms with E-state index in [0.717, 1.165) is 16.9 Å². The topological polar surface area (TPSA) is 75.7 Å². The van der Waals surface area contributed by atoms with Gasteiger partial charge in [0.25, 0.3) is 5.91 Å². The summed E-state index contributed by atoms with van der Waals surface area (Å²) >= 11 is 0. The monoisotopic (exact) mass is 418 g/mol. The first kappa shape index (κ1) is 22.9. The highest BCUT2D eigenvalue weighted by atomic mass is 32.2. The minimum Gasteiger partial charge on any atom is -0.496 e. The van der Waals surface area contributed by atoms with Gasteiger partial charge in [0, 0.05) is 25.2 Å². The number of methoxy groups -OCH3 is 1. The summed E-state index contributed by atoms with van der Waals surface area (Å²) in [5.41, 5.74) is 3.09. The molecule has 0 spiro atoms. The van der Waals surface area contributed by atoms with E-state index in [1.54, 1.807) is 40.0 Å². The van der Waals surface area contributed by atoms with Crippen LogP contribution < -0.4 is 10.1 Å². The third-order valence-corrected chi connectivity index (χ3v) is 7.08. The molecule has 158 valence electrons. The second kappa shape index (κ2) is 9.89. The quantitative estimate of drug-likeness (QED) is 0.678. The Morgan fingerprint density at radius 1 is 1.07 bits per heavy atom. The third kappa shape index (κ3) is 5.36. The highest BCUT2D eigenvalue weighted by molar-refractivity contribution is 7.89. The van der Waals surface area contributed by atoms with Crippen LogP contribution in [-0.4, -0.2) is 45.4 Å². The van der Waals surface area contributed by atoms with Gasteiger partial charge in [-0.15, -0.1) is 0 Å². The van der Waals surface area contributed by atoms with Crippen LogP contribution in [0.5, 0.6) is 5.75 Å². The molecule has 0 heterocycles. The summed E-state index contributed by atoms with van der Waals surface area (Å²) in [6, 6.07) is 10.7. The maximum absolute atomic E-state index is 12.9. The molecule has 7 heteroatoms. The zero-order valence-corrected chi connectivity index (χ0v) is 18.6. The maximum atomic E-state index is 12.9. The van der Waals surface area contributed by atoms with Gasteiger partial charge in [0.15, 0.2) is 0 Å². The molecule has 0 saturated carbocycles. The van der Waals surface area contributed by atoms with Crippen molar-refractivity contribution in [2.45, 2.75) is 39.0 Å². The average molecular weight is 419 g/mol. The van der Waals surface area contributed by atoms with Gasteiger partial charge in [-0.25, -0.2) is 8.42 Å². The van der Waals surface area contributed by atoms with Crippen LogP contribution >= 0.6 is 0 Å². The van der Waals surface area contributed by atoms with E-state index in [9.17, 15) is 13.2 Å². The summed E-state index contributed by atoms with van der Waals surface area (Å²) in [6.07, 6.45) is 0.618. The molecular weight excluding hydrogens is 388 g/mol. The van der Waals surface area contributed by atoms with Gasteiger partial charge >= 0.3 is 0 Å². The van der Waals surface area contributed by atoms with Crippen molar-refractivity contribution in [1.29, 1.82) is 0 Å². The van der Waals surface area contributed by atoms with Gasteiger partial charge in [-0.05, 0) is 49.6 Å². The summed E-state index contributed by atoms with van der Waals surface area (Å²) in [5.74, 6) is 0.486. The molecule has 0 aliphatic carbocycles. The number of carbonyl (C=O) groups is 1. The molecule has 29 heavy (non-hydrogen) atoms. The molecule has 0 fully saturated rings. The molecule has 0 radical (unpaired) electrons. The smallest absolute Gasteiger partial charge is 0.251 e. The van der Waals surface area contributed by atoms with Gasteiger partial charge in [0.2, 0.25) is 10.0 Å². The van der Waals surface area contributed by atoms with Crippen LogP contribution in [0.1, 0.15) is 40.9 Å². The number of rotatable bonds is 9. The number of hydrogen-bond acceptors (Lipinski definition) is 4. The van der Waals surface area contributed by atoms with E-state index in [-0.39, 0.29) is 10.8 Å². The van der Waals surface area contributed by atoms with Gasteiger partial charge in [0.1, 0.15) is 5.75 Å². The van der Waals surface area contributed by atoms with Crippen LogP contribution in [0.4, 0.5) is 0 Å². The van der Waals surface area contributed by atoms with Gasteiger partial charge < -0.3 is 10.1 Å². The number of nitrogens with zero attached hydrogens (tertiary/aromatic N) is 1. The number of amides is 1. The molecule has 2 aromatic rings. The average Bonchev–Trinajstić information content (AvgIpc) is 2.69. The van der Waals surface area contributed by atoms with Crippen LogP contribution in [-0.2, 0) is 16.4 Å². The van der Waals surface area contributed by atoms with Crippen molar-refractivity contribution >= 4 is 15.9 Å². The molecule has 1 N–H and O–H groups in total. The van der Waals surface area contributed by atoms with E-state index < -0.39 is 10.0 Å². The van der Waals surface area contributed by atoms with Crippen LogP contribution in [0, 0.1) is 13.8 Å². The predicted octanol–water partition coefficient (Wildman–Crippen LogP) is 3.32. The van der Waals surface area contributed by atoms with Crippen LogP contribution in [0.3, 0.4) is 0 Å². The van der Waals surface area contributed by atoms with Crippen molar-refractivity contribution in [1.82, 2.24) is 9.62 Å². The number of carbonyl (C=O) groups excluding carboxylic acids is 1. The second-order valence-electron chi connectivity index (χ2n) is 6.89. The highest BCUT2D eigenvalue weighted by Gasteiger charge is 2.24. The molecule has 0 aliphatic heterocycles. The zero-order valence-electron chi connectivity index (χ0n) is 17.8. The molecule has 2 rings (SSSR count). The predicted molar refractivity (Wildman–Crippen MR) is 115 cm³/mol. The largest absolute Gasteiger partial charge is 0.496 e. The molecule has 0 aliphatic rings. The lowest BCUT2D eigenvalue weighted by atomic mass is 10.1. The molecular formula is C22H30N2O4S. The molecule has 0 aromatic heterocycles. The Morgan fingerprint density at radius 3 is 2.38 bits per heavy atom. The Hall–Kier alpha value is -2.38. The fourth-order valence-corrected chi connectivity index (χ4v) is 4.95. The van der Waals surface area contributed by atoms with E-state index in [2.05, 4.69) is 5.32 Å². The fraction of sp³-hybridized carbons (Fsp3) is 0.409. The minimum absolute atomic E-state index is 0.175. The highest BCUT2D eigenvalue weighted by Crippen LogP contribution is 2.22. The molecule has 2 aromatic carbocycles. The second-order valence-corrected chi connectivity index (χ2v) is 8.80.